The normalized spacial score (nSPS) is 17.8. The fourth-order valence-corrected chi connectivity index (χ4v) is 5.19. The molecule has 0 radical (unpaired) electrons. The van der Waals surface area contributed by atoms with Gasteiger partial charge < -0.3 is 25.7 Å². The summed E-state index contributed by atoms with van der Waals surface area (Å²) >= 11 is 0. The Kier molecular flexibility index (Phi) is 9.95. The van der Waals surface area contributed by atoms with Crippen LogP contribution in [0.25, 0.3) is 17.0 Å². The molecule has 1 aliphatic carbocycles. The van der Waals surface area contributed by atoms with Crippen molar-refractivity contribution in [3.05, 3.63) is 70.9 Å². The van der Waals surface area contributed by atoms with Gasteiger partial charge in [0.25, 0.3) is 0 Å². The van der Waals surface area contributed by atoms with Gasteiger partial charge in [0.15, 0.2) is 0 Å². The number of carbonyl (C=O) groups is 2. The number of alkyl halides is 3. The molecule has 11 heteroatoms. The molecule has 3 aromatic rings. The molecule has 0 amide bonds. The minimum Gasteiger partial charge on any atom is -0.494 e. The van der Waals surface area contributed by atoms with E-state index in [1.807, 2.05) is 42.6 Å². The van der Waals surface area contributed by atoms with Gasteiger partial charge in [-0.1, -0.05) is 42.8 Å². The topological polar surface area (TPSA) is 129 Å². The lowest BCUT2D eigenvalue weighted by molar-refractivity contribution is -0.147. The molecule has 1 aliphatic heterocycles. The molecule has 0 bridgehead atoms. The highest BCUT2D eigenvalue weighted by molar-refractivity contribution is 5.84. The first-order valence-electron chi connectivity index (χ1n) is 13.9. The van der Waals surface area contributed by atoms with Gasteiger partial charge in [0, 0.05) is 49.6 Å². The molecule has 0 spiro atoms. The van der Waals surface area contributed by atoms with E-state index in [1.165, 1.54) is 5.57 Å². The average Bonchev–Trinajstić information content (AvgIpc) is 3.31. The first kappa shape index (κ1) is 31.1. The molecule has 2 atom stereocenters. The summed E-state index contributed by atoms with van der Waals surface area (Å²) in [6, 6.07) is 12.6. The first-order valence-corrected chi connectivity index (χ1v) is 13.9. The second-order valence-corrected chi connectivity index (χ2v) is 11.0. The predicted molar refractivity (Wildman–Crippen MR) is 153 cm³/mol. The zero-order valence-electron chi connectivity index (χ0n) is 23.4. The number of H-pyrrole nitrogens is 1. The number of benzene rings is 2. The van der Waals surface area contributed by atoms with Crippen LogP contribution >= 0.6 is 0 Å². The smallest absolute Gasteiger partial charge is 0.389 e. The van der Waals surface area contributed by atoms with Crippen molar-refractivity contribution in [2.45, 2.75) is 44.8 Å². The predicted octanol–water partition coefficient (Wildman–Crippen LogP) is 5.12. The van der Waals surface area contributed by atoms with Crippen molar-refractivity contribution >= 4 is 28.9 Å². The average molecular weight is 588 g/mol. The molecule has 0 saturated carbocycles. The SMILES string of the molecule is C[C@H]1Cc2cc(OCCCC(F)(F)F)ccc2C=C1CN1CC(C(=O)O)C1.NC(Cc1c[nH]c2ccccc12)C(=O)O. The van der Waals surface area contributed by atoms with Crippen molar-refractivity contribution in [1.82, 2.24) is 9.88 Å². The Bertz CT molecular complexity index is 1430. The zero-order valence-corrected chi connectivity index (χ0v) is 23.4. The number of nitrogens with two attached hydrogens (primary N) is 1. The van der Waals surface area contributed by atoms with Gasteiger partial charge >= 0.3 is 18.1 Å². The van der Waals surface area contributed by atoms with Gasteiger partial charge in [-0.25, -0.2) is 0 Å². The molecule has 1 fully saturated rings. The Morgan fingerprint density at radius 3 is 2.60 bits per heavy atom. The lowest BCUT2D eigenvalue weighted by Crippen LogP contribution is -2.51. The number of aliphatic carboxylic acids is 2. The monoisotopic (exact) mass is 587 g/mol. The Morgan fingerprint density at radius 1 is 1.17 bits per heavy atom. The molecular formula is C31H36F3N3O5. The molecule has 1 saturated heterocycles. The van der Waals surface area contributed by atoms with Crippen molar-refractivity contribution in [2.24, 2.45) is 17.6 Å². The third-order valence-corrected chi connectivity index (χ3v) is 7.63. The zero-order chi connectivity index (χ0) is 30.4. The number of rotatable bonds is 10. The van der Waals surface area contributed by atoms with Crippen molar-refractivity contribution in [1.29, 1.82) is 0 Å². The molecule has 42 heavy (non-hydrogen) atoms. The van der Waals surface area contributed by atoms with Crippen LogP contribution in [0.2, 0.25) is 0 Å². The lowest BCUT2D eigenvalue weighted by Gasteiger charge is -2.38. The van der Waals surface area contributed by atoms with Gasteiger partial charge in [0.05, 0.1) is 12.5 Å². The van der Waals surface area contributed by atoms with E-state index in [-0.39, 0.29) is 18.9 Å². The van der Waals surface area contributed by atoms with Crippen LogP contribution in [0.4, 0.5) is 13.2 Å². The van der Waals surface area contributed by atoms with E-state index in [2.05, 4.69) is 22.9 Å². The largest absolute Gasteiger partial charge is 0.494 e. The second-order valence-electron chi connectivity index (χ2n) is 11.0. The minimum atomic E-state index is -4.14. The van der Waals surface area contributed by atoms with Crippen molar-refractivity contribution < 1.29 is 37.7 Å². The number of likely N-dealkylation sites (tertiary alicyclic amines) is 1. The third-order valence-electron chi connectivity index (χ3n) is 7.63. The number of carboxylic acids is 2. The maximum absolute atomic E-state index is 12.2. The Labute approximate surface area is 242 Å². The van der Waals surface area contributed by atoms with Crippen LogP contribution in [-0.2, 0) is 22.4 Å². The minimum absolute atomic E-state index is 0.0474. The number of aromatic nitrogens is 1. The van der Waals surface area contributed by atoms with E-state index in [4.69, 9.17) is 20.7 Å². The van der Waals surface area contributed by atoms with Crippen LogP contribution in [0, 0.1) is 11.8 Å². The molecule has 1 aromatic heterocycles. The second kappa shape index (κ2) is 13.4. The van der Waals surface area contributed by atoms with Gasteiger partial charge in [-0.05, 0) is 53.6 Å². The number of carboxylic acid groups (broad SMARTS) is 2. The molecule has 5 rings (SSSR count). The van der Waals surface area contributed by atoms with Crippen LogP contribution in [0.15, 0.2) is 54.2 Å². The highest BCUT2D eigenvalue weighted by Gasteiger charge is 2.33. The van der Waals surface area contributed by atoms with Crippen LogP contribution < -0.4 is 10.5 Å². The highest BCUT2D eigenvalue weighted by atomic mass is 19.4. The van der Waals surface area contributed by atoms with E-state index in [0.29, 0.717) is 31.2 Å². The van der Waals surface area contributed by atoms with Crippen LogP contribution in [0.5, 0.6) is 5.75 Å². The summed E-state index contributed by atoms with van der Waals surface area (Å²) in [6.07, 6.45) is 0.125. The number of halogens is 3. The van der Waals surface area contributed by atoms with Crippen molar-refractivity contribution in [2.75, 3.05) is 26.2 Å². The Morgan fingerprint density at radius 2 is 1.90 bits per heavy atom. The summed E-state index contributed by atoms with van der Waals surface area (Å²) in [6.45, 7) is 4.16. The molecular weight excluding hydrogens is 551 g/mol. The lowest BCUT2D eigenvalue weighted by atomic mass is 9.83. The standard InChI is InChI=1S/C20H24F3NO3.C11H12N2O2/c1-13-7-15-9-18(27-6-2-5-20(21,22)23)4-3-14(15)8-16(13)10-24-11-17(12-24)19(25)26;12-9(11(14)15)5-7-6-13-10-4-2-1-3-8(7)10/h3-4,8-9,13,17H,2,5-7,10-12H2,1H3,(H,25,26);1-4,6,9,13H,5,12H2,(H,14,15)/t13-;/m0./s1. The van der Waals surface area contributed by atoms with Crippen LogP contribution in [0.3, 0.4) is 0 Å². The summed E-state index contributed by atoms with van der Waals surface area (Å²) < 4.78 is 42.0. The summed E-state index contributed by atoms with van der Waals surface area (Å²) in [5.41, 5.74) is 10.9. The molecule has 2 heterocycles. The molecule has 5 N–H and O–H groups in total. The first-order chi connectivity index (χ1) is 19.9. The number of fused-ring (bicyclic) bond motifs is 2. The molecule has 2 aliphatic rings. The van der Waals surface area contributed by atoms with Gasteiger partial charge in [-0.2, -0.15) is 13.2 Å². The van der Waals surface area contributed by atoms with E-state index in [0.717, 1.165) is 40.6 Å². The van der Waals surface area contributed by atoms with E-state index in [9.17, 15) is 22.8 Å². The maximum atomic E-state index is 12.2. The number of para-hydroxylation sites is 1. The molecule has 8 nitrogen and oxygen atoms in total. The van der Waals surface area contributed by atoms with Gasteiger partial charge in [-0.15, -0.1) is 0 Å². The van der Waals surface area contributed by atoms with Gasteiger partial charge in [-0.3, -0.25) is 14.5 Å². The maximum Gasteiger partial charge on any atom is 0.389 e. The van der Waals surface area contributed by atoms with Crippen molar-refractivity contribution in [3.63, 3.8) is 0 Å². The third kappa shape index (κ3) is 8.36. The summed E-state index contributed by atoms with van der Waals surface area (Å²) in [7, 11) is 0. The fourth-order valence-electron chi connectivity index (χ4n) is 5.19. The Balaban J connectivity index is 0.000000227. The summed E-state index contributed by atoms with van der Waals surface area (Å²) in [5.74, 6) is -1.02. The van der Waals surface area contributed by atoms with E-state index >= 15 is 0 Å². The number of nitrogens with one attached hydrogen (secondary N) is 1. The van der Waals surface area contributed by atoms with Crippen molar-refractivity contribution in [3.8, 4) is 5.75 Å². The number of aromatic amines is 1. The molecule has 226 valence electrons. The Hall–Kier alpha value is -3.83. The van der Waals surface area contributed by atoms with Gasteiger partial charge in [0.2, 0.25) is 0 Å². The quantitative estimate of drug-likeness (QED) is 0.242. The van der Waals surface area contributed by atoms with Gasteiger partial charge in [0.1, 0.15) is 11.8 Å². The fraction of sp³-hybridized carbons (Fsp3) is 0.419. The number of nitrogens with zero attached hydrogens (tertiary/aromatic N) is 1. The summed E-state index contributed by atoms with van der Waals surface area (Å²) in [5, 5.41) is 18.7. The number of hydrogen-bond donors (Lipinski definition) is 4. The molecule has 2 aromatic carbocycles. The van der Waals surface area contributed by atoms with Crippen LogP contribution in [0.1, 0.15) is 36.5 Å². The van der Waals surface area contributed by atoms with E-state index in [1.54, 1.807) is 6.07 Å². The number of ether oxygens (including phenoxy) is 1. The number of hydrogen-bond acceptors (Lipinski definition) is 5. The molecule has 1 unspecified atom stereocenters. The highest BCUT2D eigenvalue weighted by Crippen LogP contribution is 2.33. The van der Waals surface area contributed by atoms with Crippen LogP contribution in [-0.4, -0.2) is 70.5 Å². The van der Waals surface area contributed by atoms with E-state index < -0.39 is 30.6 Å². The summed E-state index contributed by atoms with van der Waals surface area (Å²) in [4.78, 5) is 26.8.